The standard InChI is InChI=1S/C22H22N2O4S/c1-15-11-13-17(14-12-15)29(26,27)24-19-9-6-7-18(16(19)2)22(25)23-20-8-4-5-10-21(20)28-3/h4-14,24H,1-3H3,(H,23,25). The number of rotatable bonds is 6. The third-order valence-electron chi connectivity index (χ3n) is 4.51. The second-order valence-corrected chi connectivity index (χ2v) is 8.23. The number of anilines is 2. The van der Waals surface area contributed by atoms with Crippen molar-refractivity contribution in [3.05, 3.63) is 83.4 Å². The number of benzene rings is 3. The van der Waals surface area contributed by atoms with Gasteiger partial charge in [-0.3, -0.25) is 9.52 Å². The molecule has 0 radical (unpaired) electrons. The number of ether oxygens (including phenoxy) is 1. The van der Waals surface area contributed by atoms with Crippen molar-refractivity contribution >= 4 is 27.3 Å². The van der Waals surface area contributed by atoms with Gasteiger partial charge in [-0.15, -0.1) is 0 Å². The van der Waals surface area contributed by atoms with Crippen molar-refractivity contribution in [1.82, 2.24) is 0 Å². The first kappa shape index (κ1) is 20.4. The monoisotopic (exact) mass is 410 g/mol. The lowest BCUT2D eigenvalue weighted by atomic mass is 10.1. The van der Waals surface area contributed by atoms with E-state index in [1.165, 1.54) is 7.11 Å². The minimum Gasteiger partial charge on any atom is -0.495 e. The fourth-order valence-corrected chi connectivity index (χ4v) is 3.97. The largest absolute Gasteiger partial charge is 0.495 e. The Morgan fingerprint density at radius 2 is 1.52 bits per heavy atom. The zero-order valence-corrected chi connectivity index (χ0v) is 17.2. The van der Waals surface area contributed by atoms with Crippen molar-refractivity contribution in [2.45, 2.75) is 18.7 Å². The minimum atomic E-state index is -3.77. The Morgan fingerprint density at radius 1 is 0.862 bits per heavy atom. The van der Waals surface area contributed by atoms with Crippen LogP contribution in [-0.2, 0) is 10.0 Å². The molecule has 3 rings (SSSR count). The van der Waals surface area contributed by atoms with Crippen LogP contribution in [0, 0.1) is 13.8 Å². The van der Waals surface area contributed by atoms with Crippen molar-refractivity contribution in [2.24, 2.45) is 0 Å². The molecule has 0 bridgehead atoms. The molecule has 29 heavy (non-hydrogen) atoms. The number of hydrogen-bond donors (Lipinski definition) is 2. The third-order valence-corrected chi connectivity index (χ3v) is 5.89. The summed E-state index contributed by atoms with van der Waals surface area (Å²) in [5.74, 6) is 0.179. The highest BCUT2D eigenvalue weighted by Gasteiger charge is 2.18. The van der Waals surface area contributed by atoms with Gasteiger partial charge < -0.3 is 10.1 Å². The molecule has 3 aromatic rings. The van der Waals surface area contributed by atoms with Gasteiger partial charge in [-0.1, -0.05) is 35.9 Å². The summed E-state index contributed by atoms with van der Waals surface area (Å²) in [4.78, 5) is 12.9. The highest BCUT2D eigenvalue weighted by atomic mass is 32.2. The molecule has 0 heterocycles. The van der Waals surface area contributed by atoms with E-state index in [0.29, 0.717) is 28.3 Å². The molecule has 0 aliphatic heterocycles. The third kappa shape index (κ3) is 4.57. The van der Waals surface area contributed by atoms with Crippen LogP contribution in [-0.4, -0.2) is 21.4 Å². The van der Waals surface area contributed by atoms with E-state index in [1.54, 1.807) is 73.7 Å². The van der Waals surface area contributed by atoms with Gasteiger partial charge in [0.25, 0.3) is 15.9 Å². The van der Waals surface area contributed by atoms with Gasteiger partial charge in [0.2, 0.25) is 0 Å². The lowest BCUT2D eigenvalue weighted by molar-refractivity contribution is 0.102. The molecular formula is C22H22N2O4S. The first-order valence-electron chi connectivity index (χ1n) is 8.95. The number of nitrogens with one attached hydrogen (secondary N) is 2. The van der Waals surface area contributed by atoms with Gasteiger partial charge in [0.15, 0.2) is 0 Å². The van der Waals surface area contributed by atoms with Gasteiger partial charge in [0, 0.05) is 5.56 Å². The van der Waals surface area contributed by atoms with Crippen LogP contribution in [0.3, 0.4) is 0 Å². The molecule has 6 nitrogen and oxygen atoms in total. The molecule has 0 saturated heterocycles. The molecule has 0 saturated carbocycles. The average molecular weight is 410 g/mol. The molecule has 3 aromatic carbocycles. The molecule has 150 valence electrons. The molecule has 0 aromatic heterocycles. The zero-order chi connectivity index (χ0) is 21.0. The Kier molecular flexibility index (Phi) is 5.89. The van der Waals surface area contributed by atoms with Gasteiger partial charge in [0.1, 0.15) is 5.75 Å². The van der Waals surface area contributed by atoms with Crippen molar-refractivity contribution in [3.8, 4) is 5.75 Å². The molecule has 0 fully saturated rings. The maximum atomic E-state index is 12.8. The smallest absolute Gasteiger partial charge is 0.261 e. The van der Waals surface area contributed by atoms with E-state index in [9.17, 15) is 13.2 Å². The predicted molar refractivity (Wildman–Crippen MR) is 114 cm³/mol. The number of aryl methyl sites for hydroxylation is 1. The van der Waals surface area contributed by atoms with Gasteiger partial charge >= 0.3 is 0 Å². The number of hydrogen-bond acceptors (Lipinski definition) is 4. The van der Waals surface area contributed by atoms with Crippen LogP contribution in [0.2, 0.25) is 0 Å². The van der Waals surface area contributed by atoms with Gasteiger partial charge in [-0.25, -0.2) is 8.42 Å². The molecule has 7 heteroatoms. The molecular weight excluding hydrogens is 388 g/mol. The quantitative estimate of drug-likeness (QED) is 0.632. The SMILES string of the molecule is COc1ccccc1NC(=O)c1cccc(NS(=O)(=O)c2ccc(C)cc2)c1C. The van der Waals surface area contributed by atoms with Crippen molar-refractivity contribution < 1.29 is 17.9 Å². The summed E-state index contributed by atoms with van der Waals surface area (Å²) in [6, 6.07) is 18.5. The number of sulfonamides is 1. The lowest BCUT2D eigenvalue weighted by Gasteiger charge is -2.15. The Labute approximate surface area is 170 Å². The van der Waals surface area contributed by atoms with Crippen LogP contribution < -0.4 is 14.8 Å². The van der Waals surface area contributed by atoms with E-state index < -0.39 is 10.0 Å². The van der Waals surface area contributed by atoms with Crippen LogP contribution in [0.15, 0.2) is 71.6 Å². The van der Waals surface area contributed by atoms with Gasteiger partial charge in [0.05, 0.1) is 23.4 Å². The van der Waals surface area contributed by atoms with E-state index in [1.807, 2.05) is 6.92 Å². The number of carbonyl (C=O) groups excluding carboxylic acids is 1. The van der Waals surface area contributed by atoms with E-state index in [4.69, 9.17) is 4.74 Å². The van der Waals surface area contributed by atoms with Gasteiger partial charge in [-0.2, -0.15) is 0 Å². The summed E-state index contributed by atoms with van der Waals surface area (Å²) >= 11 is 0. The molecule has 0 aliphatic carbocycles. The first-order chi connectivity index (χ1) is 13.8. The number of methoxy groups -OCH3 is 1. The second kappa shape index (κ2) is 8.36. The van der Waals surface area contributed by atoms with Crippen molar-refractivity contribution in [1.29, 1.82) is 0 Å². The summed E-state index contributed by atoms with van der Waals surface area (Å²) in [6.07, 6.45) is 0. The van der Waals surface area contributed by atoms with Crippen LogP contribution in [0.1, 0.15) is 21.5 Å². The average Bonchev–Trinajstić information content (AvgIpc) is 2.70. The van der Waals surface area contributed by atoms with E-state index in [-0.39, 0.29) is 10.8 Å². The van der Waals surface area contributed by atoms with Crippen LogP contribution in [0.5, 0.6) is 5.75 Å². The maximum absolute atomic E-state index is 12.8. The summed E-state index contributed by atoms with van der Waals surface area (Å²) in [5.41, 5.74) is 2.73. The summed E-state index contributed by atoms with van der Waals surface area (Å²) in [7, 11) is -2.24. The topological polar surface area (TPSA) is 84.5 Å². The fraction of sp³-hybridized carbons (Fsp3) is 0.136. The fourth-order valence-electron chi connectivity index (χ4n) is 2.85. The van der Waals surface area contributed by atoms with Crippen molar-refractivity contribution in [3.63, 3.8) is 0 Å². The zero-order valence-electron chi connectivity index (χ0n) is 16.4. The van der Waals surface area contributed by atoms with Crippen LogP contribution in [0.4, 0.5) is 11.4 Å². The summed E-state index contributed by atoms with van der Waals surface area (Å²) < 4.78 is 33.2. The molecule has 0 unspecified atom stereocenters. The maximum Gasteiger partial charge on any atom is 0.261 e. The Balaban J connectivity index is 1.87. The molecule has 2 N–H and O–H groups in total. The molecule has 0 spiro atoms. The summed E-state index contributed by atoms with van der Waals surface area (Å²) in [6.45, 7) is 3.59. The highest BCUT2D eigenvalue weighted by Crippen LogP contribution is 2.26. The first-order valence-corrected chi connectivity index (χ1v) is 10.4. The van der Waals surface area contributed by atoms with E-state index >= 15 is 0 Å². The Bertz CT molecular complexity index is 1140. The van der Waals surface area contributed by atoms with E-state index in [2.05, 4.69) is 10.0 Å². The number of amides is 1. The van der Waals surface area contributed by atoms with Crippen LogP contribution >= 0.6 is 0 Å². The highest BCUT2D eigenvalue weighted by molar-refractivity contribution is 7.92. The number of para-hydroxylation sites is 2. The molecule has 0 aliphatic rings. The Hall–Kier alpha value is -3.32. The van der Waals surface area contributed by atoms with Crippen molar-refractivity contribution in [2.75, 3.05) is 17.1 Å². The normalized spacial score (nSPS) is 11.0. The second-order valence-electron chi connectivity index (χ2n) is 6.55. The van der Waals surface area contributed by atoms with E-state index in [0.717, 1.165) is 5.56 Å². The Morgan fingerprint density at radius 3 is 2.21 bits per heavy atom. The minimum absolute atomic E-state index is 0.159. The summed E-state index contributed by atoms with van der Waals surface area (Å²) in [5, 5.41) is 2.81. The molecule has 0 atom stereocenters. The predicted octanol–water partition coefficient (Wildman–Crippen LogP) is 4.37. The number of carbonyl (C=O) groups is 1. The molecule has 1 amide bonds. The van der Waals surface area contributed by atoms with Crippen LogP contribution in [0.25, 0.3) is 0 Å². The van der Waals surface area contributed by atoms with Gasteiger partial charge in [-0.05, 0) is 55.8 Å². The lowest BCUT2D eigenvalue weighted by Crippen LogP contribution is -2.17.